The Hall–Kier alpha value is -2.59. The van der Waals surface area contributed by atoms with Crippen LogP contribution < -0.4 is 0 Å². The zero-order valence-electron chi connectivity index (χ0n) is 10.6. The molecular weight excluding hydrogens is 290 g/mol. The molecule has 0 fully saturated rings. The number of furan rings is 1. The summed E-state index contributed by atoms with van der Waals surface area (Å²) in [5.74, 6) is -1.03. The third kappa shape index (κ3) is 1.76. The number of pyridine rings is 1. The van der Waals surface area contributed by atoms with Crippen molar-refractivity contribution >= 4 is 50.5 Å². The van der Waals surface area contributed by atoms with Crippen molar-refractivity contribution in [2.24, 2.45) is 0 Å². The van der Waals surface area contributed by atoms with Crippen LogP contribution in [-0.4, -0.2) is 16.1 Å². The number of aromatic nitrogens is 1. The fourth-order valence-electron chi connectivity index (χ4n) is 2.55. The quantitative estimate of drug-likeness (QED) is 0.562. The summed E-state index contributed by atoms with van der Waals surface area (Å²) in [4.78, 5) is 15.8. The number of nitrogens with zero attached hydrogens (tertiary/aromatic N) is 1. The number of hydrogen-bond donors (Lipinski definition) is 1. The number of fused-ring (bicyclic) bond motifs is 4. The SMILES string of the molecule is O=C(O)c1cc(Cl)cc2nc3oc4ccccc4c3cc12. The number of carbonyl (C=O) groups is 1. The largest absolute Gasteiger partial charge is 0.478 e. The van der Waals surface area contributed by atoms with Crippen LogP contribution in [0.25, 0.3) is 33.0 Å². The molecule has 5 heteroatoms. The monoisotopic (exact) mass is 297 g/mol. The number of benzene rings is 2. The molecule has 2 aromatic heterocycles. The fourth-order valence-corrected chi connectivity index (χ4v) is 2.77. The normalized spacial score (nSPS) is 11.5. The Morgan fingerprint density at radius 1 is 1.10 bits per heavy atom. The topological polar surface area (TPSA) is 63.3 Å². The van der Waals surface area contributed by atoms with E-state index in [0.29, 0.717) is 21.6 Å². The van der Waals surface area contributed by atoms with Crippen molar-refractivity contribution in [1.82, 2.24) is 4.98 Å². The number of aromatic carboxylic acids is 1. The molecule has 4 nitrogen and oxygen atoms in total. The Morgan fingerprint density at radius 3 is 2.71 bits per heavy atom. The maximum atomic E-state index is 11.4. The van der Waals surface area contributed by atoms with Gasteiger partial charge in [-0.15, -0.1) is 0 Å². The standard InChI is InChI=1S/C16H8ClNO3/c17-8-5-12(16(19)20)10-7-11-9-3-1-2-4-14(9)21-15(11)18-13(10)6-8/h1-7H,(H,19,20). The summed E-state index contributed by atoms with van der Waals surface area (Å²) in [6.07, 6.45) is 0. The summed E-state index contributed by atoms with van der Waals surface area (Å²) in [5, 5.41) is 11.9. The van der Waals surface area contributed by atoms with E-state index in [4.69, 9.17) is 16.0 Å². The number of carboxylic acids is 1. The van der Waals surface area contributed by atoms with E-state index in [1.54, 1.807) is 12.1 Å². The zero-order valence-corrected chi connectivity index (χ0v) is 11.4. The van der Waals surface area contributed by atoms with Gasteiger partial charge in [-0.2, -0.15) is 0 Å². The molecular formula is C16H8ClNO3. The highest BCUT2D eigenvalue weighted by Gasteiger charge is 2.15. The molecule has 102 valence electrons. The van der Waals surface area contributed by atoms with Crippen LogP contribution in [0.15, 0.2) is 46.9 Å². The van der Waals surface area contributed by atoms with Gasteiger partial charge in [0.2, 0.25) is 5.71 Å². The Bertz CT molecular complexity index is 1040. The molecule has 2 aromatic carbocycles. The fraction of sp³-hybridized carbons (Fsp3) is 0. The van der Waals surface area contributed by atoms with Crippen LogP contribution in [0.2, 0.25) is 5.02 Å². The van der Waals surface area contributed by atoms with Gasteiger partial charge in [-0.25, -0.2) is 9.78 Å². The van der Waals surface area contributed by atoms with Crippen LogP contribution >= 0.6 is 11.6 Å². The molecule has 0 radical (unpaired) electrons. The maximum absolute atomic E-state index is 11.4. The van der Waals surface area contributed by atoms with E-state index in [-0.39, 0.29) is 5.56 Å². The maximum Gasteiger partial charge on any atom is 0.336 e. The third-order valence-electron chi connectivity index (χ3n) is 3.48. The van der Waals surface area contributed by atoms with Crippen molar-refractivity contribution in [2.75, 3.05) is 0 Å². The Morgan fingerprint density at radius 2 is 1.90 bits per heavy atom. The third-order valence-corrected chi connectivity index (χ3v) is 3.70. The van der Waals surface area contributed by atoms with Gasteiger partial charge in [0.25, 0.3) is 0 Å². The summed E-state index contributed by atoms with van der Waals surface area (Å²) in [5.41, 5.74) is 1.84. The number of para-hydroxylation sites is 1. The zero-order chi connectivity index (χ0) is 14.6. The minimum Gasteiger partial charge on any atom is -0.478 e. The molecule has 0 aliphatic rings. The highest BCUT2D eigenvalue weighted by atomic mass is 35.5. The summed E-state index contributed by atoms with van der Waals surface area (Å²) in [7, 11) is 0. The number of halogens is 1. The summed E-state index contributed by atoms with van der Waals surface area (Å²) in [6, 6.07) is 12.4. The van der Waals surface area contributed by atoms with Crippen LogP contribution in [0.3, 0.4) is 0 Å². The van der Waals surface area contributed by atoms with E-state index in [0.717, 1.165) is 16.4 Å². The van der Waals surface area contributed by atoms with Gasteiger partial charge >= 0.3 is 5.97 Å². The Balaban J connectivity index is 2.22. The molecule has 0 amide bonds. The first kappa shape index (κ1) is 12.2. The van der Waals surface area contributed by atoms with Gasteiger partial charge in [0.1, 0.15) is 5.58 Å². The first-order valence-corrected chi connectivity index (χ1v) is 6.66. The highest BCUT2D eigenvalue weighted by molar-refractivity contribution is 6.32. The first-order valence-electron chi connectivity index (χ1n) is 6.28. The van der Waals surface area contributed by atoms with E-state index in [2.05, 4.69) is 4.98 Å². The number of hydrogen-bond acceptors (Lipinski definition) is 3. The smallest absolute Gasteiger partial charge is 0.336 e. The predicted octanol–water partition coefficient (Wildman–Crippen LogP) is 4.49. The molecule has 4 rings (SSSR count). The molecule has 0 saturated heterocycles. The summed E-state index contributed by atoms with van der Waals surface area (Å²) < 4.78 is 5.70. The Kier molecular flexibility index (Phi) is 2.43. The van der Waals surface area contributed by atoms with Gasteiger partial charge in [-0.3, -0.25) is 0 Å². The van der Waals surface area contributed by atoms with Crippen LogP contribution in [0.4, 0.5) is 0 Å². The van der Waals surface area contributed by atoms with Crippen molar-refractivity contribution in [3.63, 3.8) is 0 Å². The van der Waals surface area contributed by atoms with Gasteiger partial charge in [0, 0.05) is 21.2 Å². The van der Waals surface area contributed by atoms with Crippen molar-refractivity contribution in [3.8, 4) is 0 Å². The predicted molar refractivity (Wildman–Crippen MR) is 81.0 cm³/mol. The lowest BCUT2D eigenvalue weighted by atomic mass is 10.1. The average molecular weight is 298 g/mol. The molecule has 0 aliphatic carbocycles. The highest BCUT2D eigenvalue weighted by Crippen LogP contribution is 2.32. The van der Waals surface area contributed by atoms with E-state index < -0.39 is 5.97 Å². The van der Waals surface area contributed by atoms with E-state index in [9.17, 15) is 9.90 Å². The second kappa shape index (κ2) is 4.20. The van der Waals surface area contributed by atoms with Crippen molar-refractivity contribution < 1.29 is 14.3 Å². The van der Waals surface area contributed by atoms with Crippen molar-refractivity contribution in [3.05, 3.63) is 53.1 Å². The molecule has 1 N–H and O–H groups in total. The van der Waals surface area contributed by atoms with Gasteiger partial charge in [0.15, 0.2) is 0 Å². The van der Waals surface area contributed by atoms with E-state index in [1.165, 1.54) is 6.07 Å². The second-order valence-corrected chi connectivity index (χ2v) is 5.20. The van der Waals surface area contributed by atoms with Gasteiger partial charge < -0.3 is 9.52 Å². The average Bonchev–Trinajstić information content (AvgIpc) is 2.81. The molecule has 4 aromatic rings. The van der Waals surface area contributed by atoms with E-state index in [1.807, 2.05) is 24.3 Å². The molecule has 0 bridgehead atoms. The van der Waals surface area contributed by atoms with Crippen molar-refractivity contribution in [2.45, 2.75) is 0 Å². The minimum atomic E-state index is -1.03. The minimum absolute atomic E-state index is 0.136. The number of rotatable bonds is 1. The van der Waals surface area contributed by atoms with Crippen LogP contribution in [0.1, 0.15) is 10.4 Å². The van der Waals surface area contributed by atoms with Crippen LogP contribution in [0.5, 0.6) is 0 Å². The van der Waals surface area contributed by atoms with Gasteiger partial charge in [0.05, 0.1) is 11.1 Å². The first-order chi connectivity index (χ1) is 10.1. The lowest BCUT2D eigenvalue weighted by molar-refractivity contribution is 0.0699. The molecule has 0 unspecified atom stereocenters. The lowest BCUT2D eigenvalue weighted by Gasteiger charge is -2.03. The molecule has 0 aliphatic heterocycles. The van der Waals surface area contributed by atoms with E-state index >= 15 is 0 Å². The Labute approximate surface area is 123 Å². The van der Waals surface area contributed by atoms with Crippen LogP contribution in [-0.2, 0) is 0 Å². The summed E-state index contributed by atoms with van der Waals surface area (Å²) >= 11 is 5.96. The molecule has 2 heterocycles. The molecule has 0 atom stereocenters. The van der Waals surface area contributed by atoms with Crippen molar-refractivity contribution in [1.29, 1.82) is 0 Å². The molecule has 0 saturated carbocycles. The van der Waals surface area contributed by atoms with Crippen LogP contribution in [0, 0.1) is 0 Å². The van der Waals surface area contributed by atoms with Gasteiger partial charge in [-0.1, -0.05) is 29.8 Å². The second-order valence-electron chi connectivity index (χ2n) is 4.76. The number of carboxylic acid groups (broad SMARTS) is 1. The molecule has 0 spiro atoms. The van der Waals surface area contributed by atoms with Gasteiger partial charge in [-0.05, 0) is 24.3 Å². The molecule has 21 heavy (non-hydrogen) atoms. The summed E-state index contributed by atoms with van der Waals surface area (Å²) in [6.45, 7) is 0. The lowest BCUT2D eigenvalue weighted by Crippen LogP contribution is -1.98.